The molecule has 2 fully saturated rings. The Hall–Kier alpha value is -1.49. The molecule has 1 atom stereocenters. The minimum absolute atomic E-state index is 0.302. The molecule has 26 heavy (non-hydrogen) atoms. The van der Waals surface area contributed by atoms with Crippen LogP contribution in [-0.4, -0.2) is 40.5 Å². The van der Waals surface area contributed by atoms with Crippen molar-refractivity contribution in [3.63, 3.8) is 0 Å². The van der Waals surface area contributed by atoms with E-state index in [0.717, 1.165) is 55.4 Å². The maximum absolute atomic E-state index is 12.7. The highest BCUT2D eigenvalue weighted by molar-refractivity contribution is 5.76. The molecule has 3 rings (SSSR count). The van der Waals surface area contributed by atoms with Gasteiger partial charge >= 0.3 is 0 Å². The van der Waals surface area contributed by atoms with Crippen molar-refractivity contribution in [2.45, 2.75) is 77.7 Å². The van der Waals surface area contributed by atoms with Crippen LogP contribution in [0.3, 0.4) is 0 Å². The Morgan fingerprint density at radius 3 is 2.85 bits per heavy atom. The molecule has 1 saturated heterocycles. The number of amides is 1. The second kappa shape index (κ2) is 9.45. The van der Waals surface area contributed by atoms with E-state index in [-0.39, 0.29) is 0 Å². The lowest BCUT2D eigenvalue weighted by molar-refractivity contribution is -0.132. The molecule has 0 N–H and O–H groups in total. The summed E-state index contributed by atoms with van der Waals surface area (Å²) in [6.07, 6.45) is 11.1. The summed E-state index contributed by atoms with van der Waals surface area (Å²) < 4.78 is 5.60. The molecule has 1 aromatic heterocycles. The molecule has 1 aliphatic heterocycles. The van der Waals surface area contributed by atoms with Gasteiger partial charge in [0.15, 0.2) is 0 Å². The van der Waals surface area contributed by atoms with Crippen molar-refractivity contribution < 1.29 is 9.53 Å². The number of likely N-dealkylation sites (tertiary alicyclic amines) is 1. The summed E-state index contributed by atoms with van der Waals surface area (Å²) in [6, 6.07) is 0. The molecule has 2 heterocycles. The zero-order valence-electron chi connectivity index (χ0n) is 16.4. The van der Waals surface area contributed by atoms with Gasteiger partial charge in [0.25, 0.3) is 0 Å². The number of piperidine rings is 1. The number of hydrogen-bond acceptors (Lipinski definition) is 4. The van der Waals surface area contributed by atoms with Gasteiger partial charge in [-0.3, -0.25) is 4.79 Å². The van der Waals surface area contributed by atoms with Crippen molar-refractivity contribution in [2.24, 2.45) is 5.92 Å². The lowest BCUT2D eigenvalue weighted by Crippen LogP contribution is -2.39. The predicted molar refractivity (Wildman–Crippen MR) is 102 cm³/mol. The van der Waals surface area contributed by atoms with Crippen LogP contribution in [0.5, 0.6) is 0 Å². The highest BCUT2D eigenvalue weighted by Crippen LogP contribution is 2.31. The highest BCUT2D eigenvalue weighted by atomic mass is 16.5. The summed E-state index contributed by atoms with van der Waals surface area (Å²) in [4.78, 5) is 23.9. The molecular formula is C21H33N3O2. The first kappa shape index (κ1) is 19.3. The van der Waals surface area contributed by atoms with E-state index in [1.807, 2.05) is 20.0 Å². The van der Waals surface area contributed by atoms with Crippen molar-refractivity contribution in [3.8, 4) is 0 Å². The van der Waals surface area contributed by atoms with Crippen LogP contribution in [0.1, 0.15) is 81.3 Å². The number of aryl methyl sites for hydroxylation is 1. The van der Waals surface area contributed by atoms with Crippen LogP contribution in [0.25, 0.3) is 0 Å². The van der Waals surface area contributed by atoms with E-state index in [2.05, 4.69) is 9.88 Å². The zero-order chi connectivity index (χ0) is 18.4. The fourth-order valence-corrected chi connectivity index (χ4v) is 4.40. The fourth-order valence-electron chi connectivity index (χ4n) is 4.40. The van der Waals surface area contributed by atoms with Gasteiger partial charge in [-0.2, -0.15) is 0 Å². The van der Waals surface area contributed by atoms with Crippen molar-refractivity contribution in [2.75, 3.05) is 19.7 Å². The van der Waals surface area contributed by atoms with Gasteiger partial charge in [-0.05, 0) is 39.0 Å². The smallest absolute Gasteiger partial charge is 0.222 e. The number of carbonyl (C=O) groups is 1. The molecule has 1 aliphatic carbocycles. The van der Waals surface area contributed by atoms with E-state index in [1.165, 1.54) is 25.7 Å². The van der Waals surface area contributed by atoms with Gasteiger partial charge < -0.3 is 9.64 Å². The van der Waals surface area contributed by atoms with Gasteiger partial charge in [0, 0.05) is 43.8 Å². The maximum Gasteiger partial charge on any atom is 0.222 e. The monoisotopic (exact) mass is 359 g/mol. The van der Waals surface area contributed by atoms with E-state index >= 15 is 0 Å². The van der Waals surface area contributed by atoms with Crippen LogP contribution in [-0.2, 0) is 16.1 Å². The predicted octanol–water partition coefficient (Wildman–Crippen LogP) is 4.00. The second-order valence-electron chi connectivity index (χ2n) is 7.83. The Labute approximate surface area is 157 Å². The summed E-state index contributed by atoms with van der Waals surface area (Å²) in [5.74, 6) is 2.21. The Bertz CT molecular complexity index is 599. The van der Waals surface area contributed by atoms with Gasteiger partial charge in [-0.25, -0.2) is 9.97 Å². The number of aromatic nitrogens is 2. The number of ether oxygens (including phenoxy) is 1. The van der Waals surface area contributed by atoms with Gasteiger partial charge in [0.05, 0.1) is 12.3 Å². The third kappa shape index (κ3) is 5.03. The number of rotatable bonds is 7. The molecule has 1 unspecified atom stereocenters. The molecule has 0 aromatic carbocycles. The number of carbonyl (C=O) groups excluding carboxylic acids is 1. The van der Waals surface area contributed by atoms with E-state index in [1.54, 1.807) is 0 Å². The lowest BCUT2D eigenvalue weighted by atomic mass is 9.91. The summed E-state index contributed by atoms with van der Waals surface area (Å²) in [6.45, 7) is 6.85. The molecule has 5 nitrogen and oxygen atoms in total. The topological polar surface area (TPSA) is 55.3 Å². The molecule has 1 amide bonds. The lowest BCUT2D eigenvalue weighted by Gasteiger charge is -2.33. The van der Waals surface area contributed by atoms with Gasteiger partial charge in [0.1, 0.15) is 5.82 Å². The van der Waals surface area contributed by atoms with Crippen molar-refractivity contribution >= 4 is 5.91 Å². The highest BCUT2D eigenvalue weighted by Gasteiger charge is 2.28. The minimum Gasteiger partial charge on any atom is -0.377 e. The van der Waals surface area contributed by atoms with Crippen LogP contribution < -0.4 is 0 Å². The van der Waals surface area contributed by atoms with Gasteiger partial charge in [-0.1, -0.05) is 25.7 Å². The average Bonchev–Trinajstić information content (AvgIpc) is 3.19. The van der Waals surface area contributed by atoms with Crippen LogP contribution >= 0.6 is 0 Å². The van der Waals surface area contributed by atoms with E-state index in [0.29, 0.717) is 31.5 Å². The van der Waals surface area contributed by atoms with Crippen molar-refractivity contribution in [1.29, 1.82) is 0 Å². The molecule has 144 valence electrons. The first-order valence-corrected chi connectivity index (χ1v) is 10.3. The number of nitrogens with zero attached hydrogens (tertiary/aromatic N) is 3. The summed E-state index contributed by atoms with van der Waals surface area (Å²) in [5, 5.41) is 0. The third-order valence-electron chi connectivity index (χ3n) is 5.88. The SMILES string of the molecule is CCOCc1cnc(C)nc1C1CCCN(C(=O)CCC2CCCC2)C1. The molecular weight excluding hydrogens is 326 g/mol. The normalized spacial score (nSPS) is 21.3. The van der Waals surface area contributed by atoms with Crippen LogP contribution in [0.15, 0.2) is 6.20 Å². The van der Waals surface area contributed by atoms with Crippen molar-refractivity contribution in [3.05, 3.63) is 23.3 Å². The Morgan fingerprint density at radius 2 is 2.08 bits per heavy atom. The summed E-state index contributed by atoms with van der Waals surface area (Å²) >= 11 is 0. The van der Waals surface area contributed by atoms with Crippen LogP contribution in [0.4, 0.5) is 0 Å². The number of hydrogen-bond donors (Lipinski definition) is 0. The largest absolute Gasteiger partial charge is 0.377 e. The Balaban J connectivity index is 1.62. The standard InChI is InChI=1S/C21H33N3O2/c1-3-26-15-19-13-22-16(2)23-21(19)18-9-6-12-24(14-18)20(25)11-10-17-7-4-5-8-17/h13,17-18H,3-12,14-15H2,1-2H3. The molecule has 5 heteroatoms. The molecule has 0 radical (unpaired) electrons. The Morgan fingerprint density at radius 1 is 1.27 bits per heavy atom. The average molecular weight is 360 g/mol. The molecule has 0 spiro atoms. The van der Waals surface area contributed by atoms with Crippen molar-refractivity contribution in [1.82, 2.24) is 14.9 Å². The Kier molecular flexibility index (Phi) is 7.00. The molecule has 0 bridgehead atoms. The quantitative estimate of drug-likeness (QED) is 0.738. The second-order valence-corrected chi connectivity index (χ2v) is 7.83. The zero-order valence-corrected chi connectivity index (χ0v) is 16.4. The summed E-state index contributed by atoms with van der Waals surface area (Å²) in [7, 11) is 0. The summed E-state index contributed by atoms with van der Waals surface area (Å²) in [5.41, 5.74) is 2.15. The van der Waals surface area contributed by atoms with Crippen LogP contribution in [0.2, 0.25) is 0 Å². The maximum atomic E-state index is 12.7. The first-order valence-electron chi connectivity index (χ1n) is 10.3. The van der Waals surface area contributed by atoms with Gasteiger partial charge in [0.2, 0.25) is 5.91 Å². The van der Waals surface area contributed by atoms with Crippen LogP contribution in [0, 0.1) is 12.8 Å². The van der Waals surface area contributed by atoms with E-state index in [9.17, 15) is 4.79 Å². The van der Waals surface area contributed by atoms with E-state index in [4.69, 9.17) is 9.72 Å². The van der Waals surface area contributed by atoms with E-state index < -0.39 is 0 Å². The molecule has 1 aromatic rings. The molecule has 2 aliphatic rings. The fraction of sp³-hybridized carbons (Fsp3) is 0.762. The molecule has 1 saturated carbocycles. The van der Waals surface area contributed by atoms with Gasteiger partial charge in [-0.15, -0.1) is 0 Å². The third-order valence-corrected chi connectivity index (χ3v) is 5.88. The first-order chi connectivity index (χ1) is 12.7. The minimum atomic E-state index is 0.302.